The largest absolute Gasteiger partial charge is 0.310 e. The number of benzene rings is 23. The quantitative estimate of drug-likeness (QED) is 0.108. The molecule has 0 aliphatic heterocycles. The first-order valence-electron chi connectivity index (χ1n) is 50.1. The van der Waals surface area contributed by atoms with Crippen molar-refractivity contribution in [3.05, 3.63) is 532 Å². The molecule has 0 atom stereocenters. The fourth-order valence-electron chi connectivity index (χ4n) is 24.3. The summed E-state index contributed by atoms with van der Waals surface area (Å²) in [5.41, 5.74) is 40.7. The van der Waals surface area contributed by atoms with Crippen LogP contribution in [0.3, 0.4) is 0 Å². The molecule has 0 fully saturated rings. The highest BCUT2D eigenvalue weighted by molar-refractivity contribution is 6.16. The first-order valence-corrected chi connectivity index (χ1v) is 50.1. The molecular weight excluding hydrogens is 1740 g/mol. The molecule has 144 heavy (non-hydrogen) atoms. The summed E-state index contributed by atoms with van der Waals surface area (Å²) in [6, 6.07) is 188. The van der Waals surface area contributed by atoms with E-state index >= 15 is 0 Å². The molecule has 0 bridgehead atoms. The SMILES string of the molecule is CC1(C)c2cc(N(c3ccc(-c4ccc5c6ccccc6n(-c6ccccc6)c5c4)cc3)c3ccc(-c4cccc5ccccc45)cc3)ccc2-c2ccc(-n3c4ccccc4c4ccccc43)cc21.CC1(C)c2cc(N(c3ccc(-c4cccc5ccccc45)cc3)c3ccc(-c4ccc5c6ccccc6n(-c6ccccc6)c5c4)c4ccccc34)ccc2-c2ccc(-n3c4ccccc4c4ccccc43)cc21. The van der Waals surface area contributed by atoms with Crippen LogP contribution in [0.2, 0.25) is 0 Å². The molecule has 4 heterocycles. The van der Waals surface area contributed by atoms with Crippen molar-refractivity contribution in [2.45, 2.75) is 38.5 Å². The van der Waals surface area contributed by atoms with E-state index in [9.17, 15) is 0 Å². The van der Waals surface area contributed by atoms with Gasteiger partial charge in [-0.05, 0) is 280 Å². The summed E-state index contributed by atoms with van der Waals surface area (Å²) in [6.45, 7) is 9.59. The van der Waals surface area contributed by atoms with Crippen molar-refractivity contribution in [3.8, 4) is 89.5 Å². The van der Waals surface area contributed by atoms with Crippen LogP contribution >= 0.6 is 0 Å². The van der Waals surface area contributed by atoms with E-state index in [0.717, 1.165) is 45.5 Å². The van der Waals surface area contributed by atoms with Crippen molar-refractivity contribution in [1.29, 1.82) is 0 Å². The van der Waals surface area contributed by atoms with Gasteiger partial charge in [-0.1, -0.05) is 373 Å². The van der Waals surface area contributed by atoms with Crippen LogP contribution in [0.25, 0.3) is 209 Å². The van der Waals surface area contributed by atoms with Crippen molar-refractivity contribution in [1.82, 2.24) is 18.3 Å². The van der Waals surface area contributed by atoms with E-state index in [0.29, 0.717) is 0 Å². The average Bonchev–Trinajstić information content (AvgIpc) is 1.55. The van der Waals surface area contributed by atoms with Crippen LogP contribution < -0.4 is 9.80 Å². The highest BCUT2D eigenvalue weighted by Crippen LogP contribution is 2.56. The van der Waals surface area contributed by atoms with Crippen LogP contribution in [-0.4, -0.2) is 18.3 Å². The molecule has 27 aromatic rings. The van der Waals surface area contributed by atoms with E-state index in [2.05, 4.69) is 565 Å². The minimum atomic E-state index is -0.272. The van der Waals surface area contributed by atoms with Gasteiger partial charge < -0.3 is 28.1 Å². The van der Waals surface area contributed by atoms with Gasteiger partial charge in [0.05, 0.1) is 49.8 Å². The van der Waals surface area contributed by atoms with Gasteiger partial charge in [-0.2, -0.15) is 0 Å². The molecular formula is C138H96N6. The summed E-state index contributed by atoms with van der Waals surface area (Å²) in [7, 11) is 0. The first kappa shape index (κ1) is 83.8. The Kier molecular flexibility index (Phi) is 19.3. The van der Waals surface area contributed by atoms with E-state index in [1.165, 1.54) is 220 Å². The summed E-state index contributed by atoms with van der Waals surface area (Å²) in [5, 5.41) is 17.5. The molecule has 0 saturated heterocycles. The van der Waals surface area contributed by atoms with Crippen LogP contribution in [0.1, 0.15) is 49.9 Å². The minimum Gasteiger partial charge on any atom is -0.310 e. The van der Waals surface area contributed by atoms with Gasteiger partial charge in [0.1, 0.15) is 0 Å². The first-order chi connectivity index (χ1) is 70.9. The third-order valence-electron chi connectivity index (χ3n) is 31.2. The van der Waals surface area contributed by atoms with Gasteiger partial charge in [0.2, 0.25) is 0 Å². The Balaban J connectivity index is 0.000000140. The number of fused-ring (bicyclic) bond motifs is 21. The number of para-hydroxylation sites is 8. The van der Waals surface area contributed by atoms with Gasteiger partial charge in [0.25, 0.3) is 0 Å². The van der Waals surface area contributed by atoms with Gasteiger partial charge in [0, 0.05) is 110 Å². The maximum Gasteiger partial charge on any atom is 0.0547 e. The molecule has 6 heteroatoms. The summed E-state index contributed by atoms with van der Waals surface area (Å²) >= 11 is 0. The van der Waals surface area contributed by atoms with Gasteiger partial charge in [-0.3, -0.25) is 0 Å². The molecule has 2 aliphatic rings. The van der Waals surface area contributed by atoms with Crippen molar-refractivity contribution in [2.75, 3.05) is 9.80 Å². The number of rotatable bonds is 14. The Morgan fingerprint density at radius 2 is 0.431 bits per heavy atom. The maximum atomic E-state index is 2.48. The smallest absolute Gasteiger partial charge is 0.0547 e. The van der Waals surface area contributed by atoms with Crippen LogP contribution in [0.4, 0.5) is 34.1 Å². The molecule has 0 unspecified atom stereocenters. The lowest BCUT2D eigenvalue weighted by atomic mass is 9.82. The number of hydrogen-bond donors (Lipinski definition) is 0. The second-order valence-electron chi connectivity index (χ2n) is 39.8. The molecule has 0 N–H and O–H groups in total. The summed E-state index contributed by atoms with van der Waals surface area (Å²) < 4.78 is 9.68. The molecule has 23 aromatic carbocycles. The van der Waals surface area contributed by atoms with Gasteiger partial charge in [-0.25, -0.2) is 0 Å². The maximum absolute atomic E-state index is 2.48. The molecule has 0 spiro atoms. The molecule has 0 amide bonds. The highest BCUT2D eigenvalue weighted by atomic mass is 15.2. The highest BCUT2D eigenvalue weighted by Gasteiger charge is 2.39. The average molecular weight is 1840 g/mol. The van der Waals surface area contributed by atoms with Crippen molar-refractivity contribution < 1.29 is 0 Å². The normalized spacial score (nSPS) is 12.8. The van der Waals surface area contributed by atoms with Crippen LogP contribution in [0, 0.1) is 0 Å². The molecule has 0 saturated carbocycles. The molecule has 4 aromatic heterocycles. The summed E-state index contributed by atoms with van der Waals surface area (Å²) in [4.78, 5) is 4.91. The van der Waals surface area contributed by atoms with Gasteiger partial charge in [-0.15, -0.1) is 0 Å². The van der Waals surface area contributed by atoms with E-state index in [-0.39, 0.29) is 10.8 Å². The fourth-order valence-corrected chi connectivity index (χ4v) is 24.3. The number of aromatic nitrogens is 4. The van der Waals surface area contributed by atoms with Gasteiger partial charge >= 0.3 is 0 Å². The van der Waals surface area contributed by atoms with Crippen molar-refractivity contribution in [3.63, 3.8) is 0 Å². The monoisotopic (exact) mass is 1840 g/mol. The minimum absolute atomic E-state index is 0.246. The number of hydrogen-bond acceptors (Lipinski definition) is 2. The third kappa shape index (κ3) is 13.3. The summed E-state index contributed by atoms with van der Waals surface area (Å²) in [5.74, 6) is 0. The number of nitrogens with zero attached hydrogens (tertiary/aromatic N) is 6. The molecule has 6 nitrogen and oxygen atoms in total. The zero-order valence-corrected chi connectivity index (χ0v) is 80.2. The second kappa shape index (κ2) is 33.2. The topological polar surface area (TPSA) is 26.2 Å². The third-order valence-corrected chi connectivity index (χ3v) is 31.2. The van der Waals surface area contributed by atoms with E-state index in [1.807, 2.05) is 0 Å². The molecule has 678 valence electrons. The predicted molar refractivity (Wildman–Crippen MR) is 609 cm³/mol. The van der Waals surface area contributed by atoms with Crippen LogP contribution in [0.15, 0.2) is 510 Å². The van der Waals surface area contributed by atoms with Crippen molar-refractivity contribution in [2.24, 2.45) is 0 Å². The van der Waals surface area contributed by atoms with Crippen molar-refractivity contribution >= 4 is 154 Å². The lowest BCUT2D eigenvalue weighted by Gasteiger charge is -2.29. The van der Waals surface area contributed by atoms with E-state index in [4.69, 9.17) is 0 Å². The predicted octanol–water partition coefficient (Wildman–Crippen LogP) is 37.4. The van der Waals surface area contributed by atoms with E-state index in [1.54, 1.807) is 0 Å². The zero-order chi connectivity index (χ0) is 95.6. The Bertz CT molecular complexity index is 9780. The van der Waals surface area contributed by atoms with Crippen LogP contribution in [0.5, 0.6) is 0 Å². The lowest BCUT2D eigenvalue weighted by Crippen LogP contribution is -2.17. The molecule has 29 rings (SSSR count). The number of anilines is 6. The van der Waals surface area contributed by atoms with Crippen LogP contribution in [-0.2, 0) is 10.8 Å². The lowest BCUT2D eigenvalue weighted by molar-refractivity contribution is 0.660. The summed E-state index contributed by atoms with van der Waals surface area (Å²) in [6.07, 6.45) is 0. The Morgan fingerprint density at radius 3 is 0.847 bits per heavy atom. The Labute approximate surface area is 835 Å². The fraction of sp³-hybridized carbons (Fsp3) is 0.0435. The molecule has 2 aliphatic carbocycles. The van der Waals surface area contributed by atoms with E-state index < -0.39 is 0 Å². The zero-order valence-electron chi connectivity index (χ0n) is 80.2. The Morgan fingerprint density at radius 1 is 0.153 bits per heavy atom. The second-order valence-corrected chi connectivity index (χ2v) is 39.8. The Hall–Kier alpha value is -18.4. The standard InChI is InChI=1S/C71H49N3.C67H47N3/c1-71(2)64-44-51(36-39-57(64)58-40-37-52(45-65(58)71)74-67-29-14-10-24-60(67)61-25-11-15-30-68(61)74)72(50-34-31-47(32-35-50)54-27-16-18-46-17-6-7-21-53(46)54)69-42-41-55(56-22-8-9-23-59(56)69)48-33-38-63-62-26-12-13-28-66(62)73(70(63)43-48)49-19-4-3-5-20-49;1-67(2)61-42-51(36-39-55(61)56-40-37-52(43-62(56)67)70-64-25-12-8-20-57(64)58-21-9-13-26-65(58)70)68(50-34-29-46(30-35-50)54-23-14-16-45-15-6-7-19-53(45)54)49-32-27-44(28-33-49)47-31-38-60-59-22-10-11-24-63(59)69(66(60)41-47)48-17-4-3-5-18-48/h3-45H,1-2H3;3-43H,1-2H3. The molecule has 0 radical (unpaired) electrons. The van der Waals surface area contributed by atoms with Gasteiger partial charge in [0.15, 0.2) is 0 Å².